The Balaban J connectivity index is 1.81. The van der Waals surface area contributed by atoms with E-state index in [2.05, 4.69) is 5.32 Å². The molecule has 192 valence electrons. The number of rotatable bonds is 7. The van der Waals surface area contributed by atoms with Crippen molar-refractivity contribution in [1.82, 2.24) is 5.32 Å². The number of benzene rings is 3. The number of nitrogens with one attached hydrogen (secondary N) is 1. The lowest BCUT2D eigenvalue weighted by atomic mass is 9.95. The van der Waals surface area contributed by atoms with E-state index in [1.54, 1.807) is 24.3 Å². The van der Waals surface area contributed by atoms with Crippen LogP contribution < -0.4 is 10.1 Å². The molecule has 4 N–H and O–H groups in total. The van der Waals surface area contributed by atoms with Gasteiger partial charge in [0.2, 0.25) is 12.2 Å². The molecule has 36 heavy (non-hydrogen) atoms. The molecule has 4 rings (SSSR count). The first-order valence-electron chi connectivity index (χ1n) is 11.4. The first-order valence-corrected chi connectivity index (χ1v) is 13.5. The fourth-order valence-corrected chi connectivity index (χ4v) is 5.25. The minimum atomic E-state index is -3.26. The third-order valence-electron chi connectivity index (χ3n) is 6.03. The zero-order valence-corrected chi connectivity index (χ0v) is 20.7. The van der Waals surface area contributed by atoms with Gasteiger partial charge in [0.15, 0.2) is 9.84 Å². The number of amides is 1. The smallest absolute Gasteiger partial charge is 0.223 e. The van der Waals surface area contributed by atoms with E-state index in [9.17, 15) is 28.5 Å². The second-order valence-electron chi connectivity index (χ2n) is 8.98. The van der Waals surface area contributed by atoms with E-state index in [-0.39, 0.29) is 5.75 Å². The Kier molecular flexibility index (Phi) is 7.62. The third-order valence-corrected chi connectivity index (χ3v) is 6.89. The number of fused-ring (bicyclic) bond motifs is 1. The van der Waals surface area contributed by atoms with Crippen molar-refractivity contribution in [3.8, 4) is 16.9 Å². The quantitative estimate of drug-likeness (QED) is 0.370. The number of ether oxygens (including phenoxy) is 2. The van der Waals surface area contributed by atoms with E-state index in [0.29, 0.717) is 22.4 Å². The Morgan fingerprint density at radius 1 is 1.06 bits per heavy atom. The highest BCUT2D eigenvalue weighted by atomic mass is 32.2. The van der Waals surface area contributed by atoms with Gasteiger partial charge in [0.25, 0.3) is 0 Å². The molecule has 1 heterocycles. The average Bonchev–Trinajstić information content (AvgIpc) is 2.82. The Morgan fingerprint density at radius 3 is 2.50 bits per heavy atom. The number of aliphatic hydroxyl groups is 3. The summed E-state index contributed by atoms with van der Waals surface area (Å²) in [5.41, 5.74) is 1.97. The summed E-state index contributed by atoms with van der Waals surface area (Å²) in [7, 11) is -3.26. The lowest BCUT2D eigenvalue weighted by Crippen LogP contribution is -2.65. The molecule has 1 amide bonds. The zero-order chi connectivity index (χ0) is 26.0. The molecule has 5 atom stereocenters. The number of hydrogen-bond acceptors (Lipinski definition) is 8. The molecular weight excluding hydrogens is 486 g/mol. The van der Waals surface area contributed by atoms with Gasteiger partial charge in [-0.1, -0.05) is 48.5 Å². The fraction of sp³-hybridized carbons (Fsp3) is 0.346. The van der Waals surface area contributed by atoms with Crippen molar-refractivity contribution in [1.29, 1.82) is 0 Å². The van der Waals surface area contributed by atoms with Crippen LogP contribution in [0.5, 0.6) is 5.75 Å². The highest BCUT2D eigenvalue weighted by molar-refractivity contribution is 7.89. The number of carbonyl (C=O) groups excluding carboxylic acids is 1. The molecule has 1 saturated heterocycles. The molecular formula is C26H29NO8S. The summed E-state index contributed by atoms with van der Waals surface area (Å²) in [6.45, 7) is 0.700. The van der Waals surface area contributed by atoms with Crippen LogP contribution in [0.4, 0.5) is 0 Å². The van der Waals surface area contributed by atoms with Crippen LogP contribution in [-0.4, -0.2) is 73.2 Å². The Morgan fingerprint density at radius 2 is 1.81 bits per heavy atom. The maximum absolute atomic E-state index is 11.9. The van der Waals surface area contributed by atoms with Crippen molar-refractivity contribution < 1.29 is 38.0 Å². The molecule has 9 nitrogen and oxygen atoms in total. The summed E-state index contributed by atoms with van der Waals surface area (Å²) in [6, 6.07) is 17.2. The van der Waals surface area contributed by atoms with E-state index >= 15 is 0 Å². The van der Waals surface area contributed by atoms with Gasteiger partial charge >= 0.3 is 0 Å². The van der Waals surface area contributed by atoms with E-state index in [0.717, 1.165) is 10.8 Å². The molecule has 0 aliphatic carbocycles. The van der Waals surface area contributed by atoms with Crippen molar-refractivity contribution in [2.75, 3.05) is 12.9 Å². The monoisotopic (exact) mass is 515 g/mol. The topological polar surface area (TPSA) is 142 Å². The number of aliphatic hydroxyl groups excluding tert-OH is 3. The van der Waals surface area contributed by atoms with E-state index in [1.165, 1.54) is 13.2 Å². The molecule has 0 radical (unpaired) electrons. The Hall–Kier alpha value is -3.02. The van der Waals surface area contributed by atoms with Crippen molar-refractivity contribution in [2.24, 2.45) is 0 Å². The largest absolute Gasteiger partial charge is 0.462 e. The Bertz CT molecular complexity index is 1360. The van der Waals surface area contributed by atoms with Gasteiger partial charge in [0.05, 0.1) is 12.4 Å². The van der Waals surface area contributed by atoms with Gasteiger partial charge in [-0.3, -0.25) is 4.79 Å². The van der Waals surface area contributed by atoms with Crippen molar-refractivity contribution in [3.63, 3.8) is 0 Å². The summed E-state index contributed by atoms with van der Waals surface area (Å²) >= 11 is 0. The molecule has 10 heteroatoms. The zero-order valence-electron chi connectivity index (χ0n) is 19.9. The lowest BCUT2D eigenvalue weighted by Gasteiger charge is -2.42. The third kappa shape index (κ3) is 5.69. The predicted molar refractivity (Wildman–Crippen MR) is 134 cm³/mol. The van der Waals surface area contributed by atoms with Gasteiger partial charge in [-0.05, 0) is 34.0 Å². The standard InChI is InChI=1S/C26H29NO8S/c1-15(29)27-23-25(31)24(30)21(13-28)35-26(23)34-20-11-10-17-7-3-4-9-19(17)22(20)18-8-5-6-16(12-18)14-36(2,32)33/h3-12,21,23-26,28,30-31H,13-14H2,1-2H3,(H,27,29)/t21-,23-,24+,25-,26-/m1/s1. The summed E-state index contributed by atoms with van der Waals surface area (Å²) in [4.78, 5) is 11.8. The van der Waals surface area contributed by atoms with Crippen LogP contribution in [0.1, 0.15) is 12.5 Å². The molecule has 0 aromatic heterocycles. The molecule has 1 aliphatic rings. The lowest BCUT2D eigenvalue weighted by molar-refractivity contribution is -0.244. The number of carbonyl (C=O) groups is 1. The summed E-state index contributed by atoms with van der Waals surface area (Å²) < 4.78 is 35.8. The molecule has 0 bridgehead atoms. The van der Waals surface area contributed by atoms with E-state index < -0.39 is 53.0 Å². The van der Waals surface area contributed by atoms with Gasteiger partial charge in [-0.15, -0.1) is 0 Å². The maximum Gasteiger partial charge on any atom is 0.223 e. The van der Waals surface area contributed by atoms with Crippen molar-refractivity contribution in [3.05, 3.63) is 66.2 Å². The van der Waals surface area contributed by atoms with Crippen LogP contribution in [0.3, 0.4) is 0 Å². The van der Waals surface area contributed by atoms with E-state index in [1.807, 2.05) is 36.4 Å². The number of hydrogen-bond donors (Lipinski definition) is 4. The normalized spacial score (nSPS) is 24.4. The summed E-state index contributed by atoms with van der Waals surface area (Å²) in [5, 5.41) is 34.9. The van der Waals surface area contributed by atoms with Crippen LogP contribution in [0.15, 0.2) is 60.7 Å². The fourth-order valence-electron chi connectivity index (χ4n) is 4.46. The van der Waals surface area contributed by atoms with Gasteiger partial charge in [0.1, 0.15) is 30.1 Å². The molecule has 0 spiro atoms. The molecule has 3 aromatic carbocycles. The first kappa shape index (κ1) is 26.1. The highest BCUT2D eigenvalue weighted by Crippen LogP contribution is 2.39. The first-order chi connectivity index (χ1) is 17.1. The van der Waals surface area contributed by atoms with Crippen LogP contribution in [-0.2, 0) is 25.1 Å². The molecule has 0 saturated carbocycles. The van der Waals surface area contributed by atoms with Gasteiger partial charge in [0, 0.05) is 18.7 Å². The maximum atomic E-state index is 11.9. The minimum absolute atomic E-state index is 0.125. The average molecular weight is 516 g/mol. The predicted octanol–water partition coefficient (Wildman–Crippen LogP) is 1.37. The van der Waals surface area contributed by atoms with Crippen LogP contribution in [0, 0.1) is 0 Å². The van der Waals surface area contributed by atoms with Crippen LogP contribution in [0.25, 0.3) is 21.9 Å². The molecule has 0 unspecified atom stereocenters. The van der Waals surface area contributed by atoms with Gasteiger partial charge < -0.3 is 30.1 Å². The second kappa shape index (κ2) is 10.5. The van der Waals surface area contributed by atoms with Gasteiger partial charge in [-0.2, -0.15) is 0 Å². The van der Waals surface area contributed by atoms with Crippen molar-refractivity contribution in [2.45, 2.75) is 43.3 Å². The molecule has 1 aliphatic heterocycles. The van der Waals surface area contributed by atoms with Gasteiger partial charge in [-0.25, -0.2) is 8.42 Å². The highest BCUT2D eigenvalue weighted by Gasteiger charge is 2.46. The molecule has 1 fully saturated rings. The minimum Gasteiger partial charge on any atom is -0.462 e. The van der Waals surface area contributed by atoms with Crippen molar-refractivity contribution >= 4 is 26.5 Å². The number of sulfone groups is 1. The van der Waals surface area contributed by atoms with E-state index in [4.69, 9.17) is 9.47 Å². The summed E-state index contributed by atoms with van der Waals surface area (Å²) in [5.74, 6) is -0.232. The summed E-state index contributed by atoms with van der Waals surface area (Å²) in [6.07, 6.45) is -4.07. The second-order valence-corrected chi connectivity index (χ2v) is 11.1. The van der Waals surface area contributed by atoms with Crippen LogP contribution in [0.2, 0.25) is 0 Å². The Labute approximate surface area is 209 Å². The SMILES string of the molecule is CC(=O)N[C@H]1[C@H](Oc2ccc3ccccc3c2-c2cccc(CS(C)(=O)=O)c2)O[C@H](CO)[C@H](O)[C@@H]1O. The molecule has 3 aromatic rings. The van der Waals surface area contributed by atoms with Crippen LogP contribution >= 0.6 is 0 Å².